The molecule has 0 fully saturated rings. The first-order valence-corrected chi connectivity index (χ1v) is 4.51. The van der Waals surface area contributed by atoms with Crippen molar-refractivity contribution in [2.24, 2.45) is 7.05 Å². The Labute approximate surface area is 88.0 Å². The molecule has 0 aliphatic rings. The second-order valence-electron chi connectivity index (χ2n) is 3.90. The zero-order chi connectivity index (χ0) is 11.6. The van der Waals surface area contributed by atoms with E-state index in [2.05, 4.69) is 9.84 Å². The second kappa shape index (κ2) is 3.84. The fourth-order valence-corrected chi connectivity index (χ4v) is 1.27. The molecule has 5 heteroatoms. The minimum Gasteiger partial charge on any atom is -0.464 e. The number of hydrogen-bond acceptors (Lipinski definition) is 4. The van der Waals surface area contributed by atoms with Crippen molar-refractivity contribution in [3.8, 4) is 0 Å². The Kier molecular flexibility index (Phi) is 2.93. The van der Waals surface area contributed by atoms with Gasteiger partial charge in [0, 0.05) is 24.2 Å². The summed E-state index contributed by atoms with van der Waals surface area (Å²) >= 11 is 0. The van der Waals surface area contributed by atoms with Crippen molar-refractivity contribution in [1.82, 2.24) is 9.78 Å². The molecule has 5 nitrogen and oxygen atoms in total. The summed E-state index contributed by atoms with van der Waals surface area (Å²) in [4.78, 5) is 22.3. The molecule has 0 amide bonds. The quantitative estimate of drug-likeness (QED) is 0.543. The van der Waals surface area contributed by atoms with Crippen LogP contribution in [0.2, 0.25) is 0 Å². The average Bonchev–Trinajstić information content (AvgIpc) is 2.60. The van der Waals surface area contributed by atoms with Gasteiger partial charge in [0.05, 0.1) is 7.11 Å². The number of methoxy groups -OCH3 is 1. The van der Waals surface area contributed by atoms with Crippen LogP contribution in [0, 0.1) is 0 Å². The predicted octanol–water partition coefficient (Wildman–Crippen LogP) is 0.683. The third-order valence-electron chi connectivity index (χ3n) is 2.20. The van der Waals surface area contributed by atoms with Gasteiger partial charge in [-0.3, -0.25) is 4.68 Å². The molecule has 0 N–H and O–H groups in total. The van der Waals surface area contributed by atoms with Crippen LogP contribution in [0.3, 0.4) is 0 Å². The fraction of sp³-hybridized carbons (Fsp3) is 0.500. The van der Waals surface area contributed by atoms with E-state index in [0.717, 1.165) is 6.29 Å². The number of aldehydes is 1. The molecule has 0 radical (unpaired) electrons. The van der Waals surface area contributed by atoms with Crippen LogP contribution in [0.5, 0.6) is 0 Å². The third kappa shape index (κ3) is 2.06. The van der Waals surface area contributed by atoms with Crippen LogP contribution in [0.15, 0.2) is 6.20 Å². The summed E-state index contributed by atoms with van der Waals surface area (Å²) in [5.74, 6) is -0.527. The SMILES string of the molecule is COC(=O)c1nn(C)cc1C(C)(C)C=O. The molecule has 1 aromatic heterocycles. The first-order valence-electron chi connectivity index (χ1n) is 4.51. The Morgan fingerprint density at radius 1 is 1.60 bits per heavy atom. The van der Waals surface area contributed by atoms with Crippen LogP contribution in [0.1, 0.15) is 29.9 Å². The van der Waals surface area contributed by atoms with Gasteiger partial charge < -0.3 is 9.53 Å². The highest BCUT2D eigenvalue weighted by Gasteiger charge is 2.29. The summed E-state index contributed by atoms with van der Waals surface area (Å²) < 4.78 is 6.09. The molecule has 1 heterocycles. The maximum absolute atomic E-state index is 11.4. The Hall–Kier alpha value is -1.65. The highest BCUT2D eigenvalue weighted by Crippen LogP contribution is 2.23. The van der Waals surface area contributed by atoms with Gasteiger partial charge >= 0.3 is 5.97 Å². The monoisotopic (exact) mass is 210 g/mol. The number of carbonyl (C=O) groups excluding carboxylic acids is 2. The summed E-state index contributed by atoms with van der Waals surface area (Å²) in [5.41, 5.74) is 0.0292. The van der Waals surface area contributed by atoms with Gasteiger partial charge in [0.15, 0.2) is 5.69 Å². The molecule has 0 aromatic carbocycles. The number of aryl methyl sites for hydroxylation is 1. The fourth-order valence-electron chi connectivity index (χ4n) is 1.27. The van der Waals surface area contributed by atoms with E-state index in [1.807, 2.05) is 0 Å². The van der Waals surface area contributed by atoms with Crippen molar-refractivity contribution in [2.75, 3.05) is 7.11 Å². The number of rotatable bonds is 3. The van der Waals surface area contributed by atoms with Crippen molar-refractivity contribution < 1.29 is 14.3 Å². The average molecular weight is 210 g/mol. The molecule has 82 valence electrons. The molecule has 0 aliphatic carbocycles. The molecule has 0 unspecified atom stereocenters. The number of esters is 1. The van der Waals surface area contributed by atoms with Crippen LogP contribution in [-0.2, 0) is 22.0 Å². The third-order valence-corrected chi connectivity index (χ3v) is 2.20. The van der Waals surface area contributed by atoms with Gasteiger partial charge in [-0.1, -0.05) is 0 Å². The van der Waals surface area contributed by atoms with Gasteiger partial charge in [-0.15, -0.1) is 0 Å². The van der Waals surface area contributed by atoms with Crippen LogP contribution in [0.4, 0.5) is 0 Å². The Morgan fingerprint density at radius 2 is 2.20 bits per heavy atom. The van der Waals surface area contributed by atoms with Crippen molar-refractivity contribution in [3.63, 3.8) is 0 Å². The molecular weight excluding hydrogens is 196 g/mol. The van der Waals surface area contributed by atoms with E-state index in [9.17, 15) is 9.59 Å². The maximum atomic E-state index is 11.4. The lowest BCUT2D eigenvalue weighted by Crippen LogP contribution is -2.21. The summed E-state index contributed by atoms with van der Waals surface area (Å²) in [6.45, 7) is 3.45. The summed E-state index contributed by atoms with van der Waals surface area (Å²) in [7, 11) is 2.98. The van der Waals surface area contributed by atoms with Crippen molar-refractivity contribution in [2.45, 2.75) is 19.3 Å². The Balaban J connectivity index is 3.29. The van der Waals surface area contributed by atoms with Crippen LogP contribution < -0.4 is 0 Å². The lowest BCUT2D eigenvalue weighted by molar-refractivity contribution is -0.111. The molecule has 0 atom stereocenters. The van der Waals surface area contributed by atoms with Crippen LogP contribution in [-0.4, -0.2) is 29.1 Å². The largest absolute Gasteiger partial charge is 0.464 e. The minimum atomic E-state index is -0.738. The highest BCUT2D eigenvalue weighted by molar-refractivity contribution is 5.90. The smallest absolute Gasteiger partial charge is 0.358 e. The number of nitrogens with zero attached hydrogens (tertiary/aromatic N) is 2. The number of ether oxygens (including phenoxy) is 1. The van der Waals surface area contributed by atoms with Crippen LogP contribution in [0.25, 0.3) is 0 Å². The molecule has 1 aromatic rings. The van der Waals surface area contributed by atoms with Gasteiger partial charge in [-0.2, -0.15) is 5.10 Å². The topological polar surface area (TPSA) is 61.2 Å². The van der Waals surface area contributed by atoms with Crippen LogP contribution >= 0.6 is 0 Å². The van der Waals surface area contributed by atoms with Gasteiger partial charge in [0.2, 0.25) is 0 Å². The number of carbonyl (C=O) groups is 2. The predicted molar refractivity (Wildman–Crippen MR) is 53.6 cm³/mol. The second-order valence-corrected chi connectivity index (χ2v) is 3.90. The normalized spacial score (nSPS) is 11.2. The van der Waals surface area contributed by atoms with E-state index in [-0.39, 0.29) is 5.69 Å². The van der Waals surface area contributed by atoms with E-state index in [1.54, 1.807) is 27.1 Å². The first kappa shape index (κ1) is 11.4. The highest BCUT2D eigenvalue weighted by atomic mass is 16.5. The van der Waals surface area contributed by atoms with E-state index in [0.29, 0.717) is 5.56 Å². The van der Waals surface area contributed by atoms with Crippen molar-refractivity contribution in [3.05, 3.63) is 17.5 Å². The zero-order valence-corrected chi connectivity index (χ0v) is 9.27. The molecule has 0 bridgehead atoms. The Morgan fingerprint density at radius 3 is 2.67 bits per heavy atom. The first-order chi connectivity index (χ1) is 6.92. The van der Waals surface area contributed by atoms with Gasteiger partial charge in [0.25, 0.3) is 0 Å². The molecule has 15 heavy (non-hydrogen) atoms. The van der Waals surface area contributed by atoms with Gasteiger partial charge in [-0.25, -0.2) is 4.79 Å². The molecule has 0 saturated carbocycles. The summed E-state index contributed by atoms with van der Waals surface area (Å²) in [6, 6.07) is 0. The summed E-state index contributed by atoms with van der Waals surface area (Å²) in [6.07, 6.45) is 2.44. The van der Waals surface area contributed by atoms with E-state index >= 15 is 0 Å². The van der Waals surface area contributed by atoms with Crippen molar-refractivity contribution in [1.29, 1.82) is 0 Å². The van der Waals surface area contributed by atoms with Crippen molar-refractivity contribution >= 4 is 12.3 Å². The van der Waals surface area contributed by atoms with E-state index in [4.69, 9.17) is 0 Å². The molecule has 0 saturated heterocycles. The number of aromatic nitrogens is 2. The molecule has 1 rings (SSSR count). The molecule has 0 spiro atoms. The lowest BCUT2D eigenvalue weighted by atomic mass is 9.86. The molecular formula is C10H14N2O3. The maximum Gasteiger partial charge on any atom is 0.358 e. The van der Waals surface area contributed by atoms with Gasteiger partial charge in [0.1, 0.15) is 6.29 Å². The minimum absolute atomic E-state index is 0.192. The van der Waals surface area contributed by atoms with Gasteiger partial charge in [-0.05, 0) is 13.8 Å². The Bertz CT molecular complexity index is 393. The lowest BCUT2D eigenvalue weighted by Gasteiger charge is -2.15. The zero-order valence-electron chi connectivity index (χ0n) is 9.27. The summed E-state index contributed by atoms with van der Waals surface area (Å²) in [5, 5.41) is 3.98. The standard InChI is InChI=1S/C10H14N2O3/c1-10(2,6-13)7-5-12(3)11-8(7)9(14)15-4/h5-6H,1-4H3. The number of hydrogen-bond donors (Lipinski definition) is 0. The van der Waals surface area contributed by atoms with E-state index < -0.39 is 11.4 Å². The molecule has 0 aliphatic heterocycles. The van der Waals surface area contributed by atoms with E-state index in [1.165, 1.54) is 11.8 Å².